The van der Waals surface area contributed by atoms with Crippen LogP contribution in [-0.4, -0.2) is 0 Å². The molecule has 0 fully saturated rings. The number of rotatable bonds is 4. The van der Waals surface area contributed by atoms with Gasteiger partial charge < -0.3 is 5.32 Å². The van der Waals surface area contributed by atoms with Crippen LogP contribution < -0.4 is 5.32 Å². The Balaban J connectivity index is 0.00000158. The molecule has 1 aliphatic heterocycles. The number of hydrogen-bond donors (Lipinski definition) is 1. The van der Waals surface area contributed by atoms with Gasteiger partial charge in [0, 0.05) is 23.4 Å². The van der Waals surface area contributed by atoms with Crippen molar-refractivity contribution in [3.63, 3.8) is 0 Å². The molecule has 1 aliphatic rings. The van der Waals surface area contributed by atoms with Gasteiger partial charge in [0.05, 0.1) is 0 Å². The Bertz CT molecular complexity index is 766. The molecule has 2 rings (SSSR count). The Kier molecular flexibility index (Phi) is 10.9. The number of aryl methyl sites for hydroxylation is 1. The quantitative estimate of drug-likeness (QED) is 0.549. The first-order valence-electron chi connectivity index (χ1n) is 9.99. The topological polar surface area (TPSA) is 12.0 Å². The predicted molar refractivity (Wildman–Crippen MR) is 123 cm³/mol. The van der Waals surface area contributed by atoms with Crippen molar-refractivity contribution >= 4 is 0 Å². The van der Waals surface area contributed by atoms with Gasteiger partial charge in [-0.3, -0.25) is 0 Å². The summed E-state index contributed by atoms with van der Waals surface area (Å²) in [6, 6.07) is 6.26. The summed E-state index contributed by atoms with van der Waals surface area (Å²) in [6.45, 7) is 24.7. The number of nitrogens with one attached hydrogen (secondary N) is 1. The lowest BCUT2D eigenvalue weighted by molar-refractivity contribution is 0.782. The van der Waals surface area contributed by atoms with Crippen LogP contribution in [0.5, 0.6) is 0 Å². The number of allylic oxidation sites excluding steroid dienone is 4. The highest BCUT2D eigenvalue weighted by Gasteiger charge is 2.28. The molecule has 1 aromatic carbocycles. The summed E-state index contributed by atoms with van der Waals surface area (Å²) in [5.41, 5.74) is 9.28. The summed E-state index contributed by atoms with van der Waals surface area (Å²) in [4.78, 5) is 0. The molecule has 0 amide bonds. The van der Waals surface area contributed by atoms with Crippen LogP contribution in [0.25, 0.3) is 0 Å². The number of hydrogen-bond acceptors (Lipinski definition) is 1. The van der Waals surface area contributed by atoms with Gasteiger partial charge in [-0.1, -0.05) is 65.3 Å². The van der Waals surface area contributed by atoms with E-state index in [9.17, 15) is 0 Å². The molecule has 1 heterocycles. The number of dihydropyridines is 1. The van der Waals surface area contributed by atoms with Crippen LogP contribution in [-0.2, 0) is 0 Å². The number of terminal acetylenes is 1. The molecular weight excluding hydrogens is 326 g/mol. The van der Waals surface area contributed by atoms with Gasteiger partial charge in [-0.25, -0.2) is 0 Å². The van der Waals surface area contributed by atoms with Gasteiger partial charge in [-0.2, -0.15) is 0 Å². The van der Waals surface area contributed by atoms with Crippen LogP contribution in [0, 0.1) is 19.3 Å². The molecule has 1 nitrogen and oxygen atoms in total. The van der Waals surface area contributed by atoms with E-state index in [0.717, 1.165) is 28.8 Å². The van der Waals surface area contributed by atoms with Crippen LogP contribution in [0.15, 0.2) is 65.5 Å². The maximum Gasteiger partial charge on any atom is 0.0405 e. The first-order valence-corrected chi connectivity index (χ1v) is 9.99. The van der Waals surface area contributed by atoms with Gasteiger partial charge >= 0.3 is 0 Å². The van der Waals surface area contributed by atoms with Crippen LogP contribution in [0.1, 0.15) is 77.5 Å². The van der Waals surface area contributed by atoms with E-state index >= 15 is 0 Å². The van der Waals surface area contributed by atoms with E-state index in [-0.39, 0.29) is 5.92 Å². The van der Waals surface area contributed by atoms with Gasteiger partial charge in [0.15, 0.2) is 0 Å². The second-order valence-corrected chi connectivity index (χ2v) is 6.21. The molecule has 0 radical (unpaired) electrons. The van der Waals surface area contributed by atoms with Gasteiger partial charge in [0.25, 0.3) is 0 Å². The van der Waals surface area contributed by atoms with E-state index in [4.69, 9.17) is 6.42 Å². The molecule has 0 aliphatic carbocycles. The highest BCUT2D eigenvalue weighted by Crippen LogP contribution is 2.42. The second kappa shape index (κ2) is 12.0. The zero-order chi connectivity index (χ0) is 21.1. The molecule has 1 atom stereocenters. The molecule has 27 heavy (non-hydrogen) atoms. The summed E-state index contributed by atoms with van der Waals surface area (Å²) in [7, 11) is 0. The lowest BCUT2D eigenvalue weighted by atomic mass is 9.76. The van der Waals surface area contributed by atoms with Gasteiger partial charge in [0.2, 0.25) is 0 Å². The molecule has 0 saturated carbocycles. The Morgan fingerprint density at radius 1 is 1.11 bits per heavy atom. The third kappa shape index (κ3) is 5.76. The normalized spacial score (nSPS) is 15.1. The molecule has 146 valence electrons. The Labute approximate surface area is 168 Å². The highest BCUT2D eigenvalue weighted by atomic mass is 14.9. The third-order valence-electron chi connectivity index (χ3n) is 4.40. The van der Waals surface area contributed by atoms with E-state index in [1.807, 2.05) is 40.7 Å². The lowest BCUT2D eigenvalue weighted by Crippen LogP contribution is -2.23. The van der Waals surface area contributed by atoms with Crippen molar-refractivity contribution in [1.82, 2.24) is 5.32 Å². The minimum Gasteiger partial charge on any atom is -0.361 e. The Morgan fingerprint density at radius 2 is 1.70 bits per heavy atom. The van der Waals surface area contributed by atoms with E-state index in [1.54, 1.807) is 0 Å². The van der Waals surface area contributed by atoms with Crippen molar-refractivity contribution in [3.8, 4) is 12.3 Å². The molecule has 1 aromatic rings. The van der Waals surface area contributed by atoms with Crippen LogP contribution >= 0.6 is 0 Å². The standard InChI is InChI=1S/C22H25N.2C2H6/c1-8-17-10-11-19(16(7)12-17)21-18(9-2)22(15(5)6)23-13-20(21)14(3)4;2*1-2/h1,10-13,21,23H,3,5,9H2,2,4,6-7H3;2*1-2H3. The zero-order valence-corrected chi connectivity index (χ0v) is 18.6. The van der Waals surface area contributed by atoms with E-state index in [1.165, 1.54) is 22.3 Å². The first kappa shape index (κ1) is 24.5. The molecular formula is C26H37N. The van der Waals surface area contributed by atoms with E-state index in [2.05, 4.69) is 63.5 Å². The van der Waals surface area contributed by atoms with Gasteiger partial charge in [-0.05, 0) is 67.2 Å². The third-order valence-corrected chi connectivity index (χ3v) is 4.40. The van der Waals surface area contributed by atoms with Crippen LogP contribution in [0.2, 0.25) is 0 Å². The van der Waals surface area contributed by atoms with Crippen LogP contribution in [0.4, 0.5) is 0 Å². The summed E-state index contributed by atoms with van der Waals surface area (Å²) >= 11 is 0. The maximum absolute atomic E-state index is 5.53. The molecule has 1 heteroatoms. The largest absolute Gasteiger partial charge is 0.361 e. The first-order chi connectivity index (χ1) is 12.9. The van der Waals surface area contributed by atoms with E-state index < -0.39 is 0 Å². The Morgan fingerprint density at radius 3 is 2.11 bits per heavy atom. The second-order valence-electron chi connectivity index (χ2n) is 6.21. The van der Waals surface area contributed by atoms with Crippen molar-refractivity contribution in [2.45, 2.75) is 67.7 Å². The van der Waals surface area contributed by atoms with Crippen molar-refractivity contribution in [2.24, 2.45) is 0 Å². The summed E-state index contributed by atoms with van der Waals surface area (Å²) in [5, 5.41) is 3.42. The van der Waals surface area contributed by atoms with Crippen molar-refractivity contribution in [1.29, 1.82) is 0 Å². The minimum absolute atomic E-state index is 0.206. The fraction of sp³-hybridized carbons (Fsp3) is 0.385. The SMILES string of the molecule is C#Cc1ccc(C2C(C(=C)C)=CNC(C(=C)C)=C2CC)c(C)c1.CC.CC. The molecule has 1 N–H and O–H groups in total. The fourth-order valence-corrected chi connectivity index (χ4v) is 3.25. The predicted octanol–water partition coefficient (Wildman–Crippen LogP) is 7.42. The fourth-order valence-electron chi connectivity index (χ4n) is 3.25. The smallest absolute Gasteiger partial charge is 0.0405 e. The number of benzene rings is 1. The van der Waals surface area contributed by atoms with Gasteiger partial charge in [0.1, 0.15) is 0 Å². The summed E-state index contributed by atoms with van der Waals surface area (Å²) in [6.07, 6.45) is 8.56. The molecule has 0 saturated heterocycles. The minimum atomic E-state index is 0.206. The van der Waals surface area contributed by atoms with E-state index in [0.29, 0.717) is 0 Å². The average molecular weight is 364 g/mol. The summed E-state index contributed by atoms with van der Waals surface area (Å²) in [5.74, 6) is 2.92. The zero-order valence-electron chi connectivity index (χ0n) is 18.6. The van der Waals surface area contributed by atoms with Crippen molar-refractivity contribution in [2.75, 3.05) is 0 Å². The van der Waals surface area contributed by atoms with Crippen molar-refractivity contribution < 1.29 is 0 Å². The average Bonchev–Trinajstić information content (AvgIpc) is 2.69. The molecule has 0 aromatic heterocycles. The molecule has 0 spiro atoms. The molecule has 1 unspecified atom stereocenters. The van der Waals surface area contributed by atoms with Gasteiger partial charge in [-0.15, -0.1) is 6.42 Å². The Hall–Kier alpha value is -2.46. The lowest BCUT2D eigenvalue weighted by Gasteiger charge is -2.32. The van der Waals surface area contributed by atoms with Crippen molar-refractivity contribution in [3.05, 3.63) is 82.2 Å². The van der Waals surface area contributed by atoms with Crippen LogP contribution in [0.3, 0.4) is 0 Å². The summed E-state index contributed by atoms with van der Waals surface area (Å²) < 4.78 is 0. The highest BCUT2D eigenvalue weighted by molar-refractivity contribution is 5.55. The molecule has 0 bridgehead atoms. The maximum atomic E-state index is 5.53. The monoisotopic (exact) mass is 363 g/mol.